The second-order valence-electron chi connectivity index (χ2n) is 14.1. The van der Waals surface area contributed by atoms with Crippen LogP contribution in [0.15, 0.2) is 0 Å². The fraction of sp³-hybridized carbons (Fsp3) is 0.871. The average molecular weight is 571 g/mol. The average Bonchev–Trinajstić information content (AvgIpc) is 2.82. The molecule has 0 amide bonds. The second-order valence-corrected chi connectivity index (χ2v) is 14.1. The molecule has 0 aliphatic heterocycles. The lowest BCUT2D eigenvalue weighted by Crippen LogP contribution is -2.47. The van der Waals surface area contributed by atoms with Crippen molar-refractivity contribution in [3.8, 4) is 0 Å². The number of carbonyl (C=O) groups excluding carboxylic acids is 3. The van der Waals surface area contributed by atoms with Gasteiger partial charge in [-0.1, -0.05) is 13.3 Å². The highest BCUT2D eigenvalue weighted by atomic mass is 16.6. The van der Waals surface area contributed by atoms with Crippen molar-refractivity contribution < 1.29 is 43.2 Å². The highest BCUT2D eigenvalue weighted by Crippen LogP contribution is 2.49. The van der Waals surface area contributed by atoms with E-state index in [0.29, 0.717) is 6.42 Å². The molecule has 0 heterocycles. The molecule has 0 radical (unpaired) electrons. The van der Waals surface area contributed by atoms with Crippen LogP contribution < -0.4 is 0 Å². The first kappa shape index (κ1) is 35.9. The van der Waals surface area contributed by atoms with E-state index in [4.69, 9.17) is 18.9 Å². The second kappa shape index (κ2) is 14.1. The van der Waals surface area contributed by atoms with Crippen LogP contribution in [0.4, 0.5) is 0 Å². The van der Waals surface area contributed by atoms with E-state index in [2.05, 4.69) is 0 Å². The van der Waals surface area contributed by atoms with Gasteiger partial charge in [-0.2, -0.15) is 0 Å². The summed E-state index contributed by atoms with van der Waals surface area (Å²) in [4.78, 5) is 52.9. The van der Waals surface area contributed by atoms with Crippen molar-refractivity contribution in [1.29, 1.82) is 0 Å². The Labute approximate surface area is 241 Å². The Hall–Kier alpha value is -2.16. The molecule has 9 heteroatoms. The molecule has 1 aliphatic rings. The Morgan fingerprint density at radius 1 is 0.725 bits per heavy atom. The normalized spacial score (nSPS) is 19.4. The molecule has 1 fully saturated rings. The van der Waals surface area contributed by atoms with E-state index in [1.54, 1.807) is 55.4 Å². The number of carboxylic acids is 1. The van der Waals surface area contributed by atoms with Crippen LogP contribution in [0, 0.1) is 21.7 Å². The molecule has 0 aromatic rings. The molecular weight excluding hydrogens is 516 g/mol. The Bertz CT molecular complexity index is 884. The standard InChI is InChI=1S/C31H54O9/c1-11-29(7,26(36)40-27(2,3)4)20-30(8,23(32)33)21-31(9,25(35)38-18-17-37-10)19-28(5,6)24(34)39-22-15-13-12-14-16-22/h22H,11-21H2,1-10H3,(H,32,33). The maximum Gasteiger partial charge on any atom is 0.312 e. The SMILES string of the molecule is CCC(C)(CC(C)(CC(C)(CC(C)(C)C(=O)OC1CCCCC1)C(=O)OCCOC)C(=O)O)C(=O)OC(C)(C)C. The summed E-state index contributed by atoms with van der Waals surface area (Å²) in [5, 5.41) is 10.5. The molecule has 0 bridgehead atoms. The molecule has 1 N–H and O–H groups in total. The molecule has 1 aliphatic carbocycles. The van der Waals surface area contributed by atoms with Crippen molar-refractivity contribution in [2.24, 2.45) is 21.7 Å². The van der Waals surface area contributed by atoms with E-state index in [1.807, 2.05) is 6.92 Å². The fourth-order valence-corrected chi connectivity index (χ4v) is 5.82. The number of hydrogen-bond acceptors (Lipinski definition) is 8. The summed E-state index contributed by atoms with van der Waals surface area (Å²) in [6, 6.07) is 0. The van der Waals surface area contributed by atoms with Crippen LogP contribution in [0.1, 0.15) is 120 Å². The highest BCUT2D eigenvalue weighted by Gasteiger charge is 2.53. The number of rotatable bonds is 15. The van der Waals surface area contributed by atoms with E-state index in [9.17, 15) is 24.3 Å². The molecular formula is C31H54O9. The molecule has 9 nitrogen and oxygen atoms in total. The molecule has 232 valence electrons. The maximum absolute atomic E-state index is 13.6. The molecule has 40 heavy (non-hydrogen) atoms. The minimum atomic E-state index is -1.51. The molecule has 0 spiro atoms. The first-order valence-corrected chi connectivity index (χ1v) is 14.6. The lowest BCUT2D eigenvalue weighted by atomic mass is 9.61. The van der Waals surface area contributed by atoms with Gasteiger partial charge in [0.1, 0.15) is 18.3 Å². The van der Waals surface area contributed by atoms with Crippen LogP contribution in [0.3, 0.4) is 0 Å². The Balaban J connectivity index is 3.38. The topological polar surface area (TPSA) is 125 Å². The van der Waals surface area contributed by atoms with Crippen molar-refractivity contribution in [3.05, 3.63) is 0 Å². The molecule has 1 rings (SSSR count). The first-order chi connectivity index (χ1) is 18.2. The number of carbonyl (C=O) groups is 4. The van der Waals surface area contributed by atoms with Gasteiger partial charge >= 0.3 is 23.9 Å². The molecule has 0 saturated heterocycles. The summed E-state index contributed by atoms with van der Waals surface area (Å²) in [7, 11) is 1.49. The zero-order valence-electron chi connectivity index (χ0n) is 26.6. The summed E-state index contributed by atoms with van der Waals surface area (Å²) >= 11 is 0. The molecule has 0 aromatic carbocycles. The van der Waals surface area contributed by atoms with Crippen LogP contribution in [-0.4, -0.2) is 61.0 Å². The zero-order valence-corrected chi connectivity index (χ0v) is 26.6. The lowest BCUT2D eigenvalue weighted by Gasteiger charge is -2.42. The van der Waals surface area contributed by atoms with Crippen LogP contribution in [0.25, 0.3) is 0 Å². The van der Waals surface area contributed by atoms with Crippen LogP contribution in [0.2, 0.25) is 0 Å². The van der Waals surface area contributed by atoms with E-state index in [1.165, 1.54) is 7.11 Å². The van der Waals surface area contributed by atoms with E-state index in [-0.39, 0.29) is 38.6 Å². The summed E-state index contributed by atoms with van der Waals surface area (Å²) in [5.74, 6) is -2.67. The van der Waals surface area contributed by atoms with E-state index >= 15 is 0 Å². The highest BCUT2D eigenvalue weighted by molar-refractivity contribution is 5.83. The number of aliphatic carboxylic acids is 1. The molecule has 1 saturated carbocycles. The predicted molar refractivity (Wildman–Crippen MR) is 152 cm³/mol. The summed E-state index contributed by atoms with van der Waals surface area (Å²) in [6.45, 7) is 15.6. The van der Waals surface area contributed by atoms with Crippen molar-refractivity contribution in [3.63, 3.8) is 0 Å². The lowest BCUT2D eigenvalue weighted by molar-refractivity contribution is -0.174. The van der Waals surface area contributed by atoms with Crippen LogP contribution >= 0.6 is 0 Å². The maximum atomic E-state index is 13.6. The number of methoxy groups -OCH3 is 1. The van der Waals surface area contributed by atoms with Gasteiger partial charge < -0.3 is 24.1 Å². The summed E-state index contributed by atoms with van der Waals surface area (Å²) in [5.41, 5.74) is -5.84. The third-order valence-electron chi connectivity index (χ3n) is 7.97. The van der Waals surface area contributed by atoms with Crippen LogP contribution in [-0.2, 0) is 38.1 Å². The van der Waals surface area contributed by atoms with Crippen molar-refractivity contribution in [1.82, 2.24) is 0 Å². The smallest absolute Gasteiger partial charge is 0.312 e. The zero-order chi connectivity index (χ0) is 31.0. The van der Waals surface area contributed by atoms with Gasteiger partial charge in [0.05, 0.1) is 28.3 Å². The van der Waals surface area contributed by atoms with Crippen molar-refractivity contribution in [2.45, 2.75) is 132 Å². The van der Waals surface area contributed by atoms with Gasteiger partial charge in [-0.25, -0.2) is 0 Å². The van der Waals surface area contributed by atoms with Gasteiger partial charge in [0.2, 0.25) is 0 Å². The van der Waals surface area contributed by atoms with Gasteiger partial charge in [0.25, 0.3) is 0 Å². The molecule has 3 unspecified atom stereocenters. The first-order valence-electron chi connectivity index (χ1n) is 14.6. The molecule has 0 aromatic heterocycles. The number of carboxylic acid groups (broad SMARTS) is 1. The number of hydrogen-bond donors (Lipinski definition) is 1. The fourth-order valence-electron chi connectivity index (χ4n) is 5.82. The van der Waals surface area contributed by atoms with Gasteiger partial charge in [0, 0.05) is 7.11 Å². The number of ether oxygens (including phenoxy) is 4. The Kier molecular flexibility index (Phi) is 12.7. The minimum absolute atomic E-state index is 0.00770. The quantitative estimate of drug-likeness (QED) is 0.141. The van der Waals surface area contributed by atoms with Gasteiger partial charge in [-0.15, -0.1) is 0 Å². The van der Waals surface area contributed by atoms with Crippen molar-refractivity contribution in [2.75, 3.05) is 20.3 Å². The van der Waals surface area contributed by atoms with E-state index < -0.39 is 51.1 Å². The largest absolute Gasteiger partial charge is 0.481 e. The Morgan fingerprint density at radius 3 is 1.75 bits per heavy atom. The minimum Gasteiger partial charge on any atom is -0.481 e. The van der Waals surface area contributed by atoms with Crippen molar-refractivity contribution >= 4 is 23.9 Å². The Morgan fingerprint density at radius 2 is 1.27 bits per heavy atom. The predicted octanol–water partition coefficient (Wildman–Crippen LogP) is 6.10. The third-order valence-corrected chi connectivity index (χ3v) is 7.97. The molecule has 3 atom stereocenters. The van der Waals surface area contributed by atoms with Gasteiger partial charge in [-0.3, -0.25) is 19.2 Å². The summed E-state index contributed by atoms with van der Waals surface area (Å²) < 4.78 is 22.0. The summed E-state index contributed by atoms with van der Waals surface area (Å²) in [6.07, 6.45) is 4.76. The van der Waals surface area contributed by atoms with Gasteiger partial charge in [-0.05, 0) is 107 Å². The van der Waals surface area contributed by atoms with Gasteiger partial charge in [0.15, 0.2) is 0 Å². The monoisotopic (exact) mass is 570 g/mol. The third kappa shape index (κ3) is 10.3. The number of esters is 3. The van der Waals surface area contributed by atoms with Crippen LogP contribution in [0.5, 0.6) is 0 Å². The van der Waals surface area contributed by atoms with E-state index in [0.717, 1.165) is 32.1 Å².